The smallest absolute Gasteiger partial charge is 0.406 e. The minimum Gasteiger partial charge on any atom is -0.423 e. The number of aliphatic imine (C=N–C) groups is 1. The van der Waals surface area contributed by atoms with E-state index in [1.165, 1.54) is 6.92 Å². The van der Waals surface area contributed by atoms with Crippen LogP contribution in [0.25, 0.3) is 0 Å². The SMILES string of the molecule is C=NC(CC(C)=O)OC(N)=O. The minimum absolute atomic E-state index is 0.0203. The summed E-state index contributed by atoms with van der Waals surface area (Å²) in [6.07, 6.45) is -1.78. The average Bonchev–Trinajstić information content (AvgIpc) is 1.84. The van der Waals surface area contributed by atoms with Crippen molar-refractivity contribution in [3.63, 3.8) is 0 Å². The highest BCUT2D eigenvalue weighted by Crippen LogP contribution is 1.99. The molecule has 62 valence electrons. The lowest BCUT2D eigenvalue weighted by molar-refractivity contribution is -0.118. The van der Waals surface area contributed by atoms with E-state index >= 15 is 0 Å². The first-order valence-electron chi connectivity index (χ1n) is 2.97. The molecule has 0 fully saturated rings. The summed E-state index contributed by atoms with van der Waals surface area (Å²) in [4.78, 5) is 24.0. The molecular formula is C6H10N2O3. The molecule has 0 rings (SSSR count). The summed E-state index contributed by atoms with van der Waals surface area (Å²) in [6.45, 7) is 4.50. The Labute approximate surface area is 64.2 Å². The zero-order valence-corrected chi connectivity index (χ0v) is 6.24. The van der Waals surface area contributed by atoms with Crippen molar-refractivity contribution >= 4 is 18.6 Å². The second-order valence-corrected chi connectivity index (χ2v) is 1.98. The highest BCUT2D eigenvalue weighted by molar-refractivity contribution is 5.76. The van der Waals surface area contributed by atoms with Crippen molar-refractivity contribution in [2.75, 3.05) is 0 Å². The fraction of sp³-hybridized carbons (Fsp3) is 0.500. The molecule has 1 amide bonds. The number of hydrogen-bond acceptors (Lipinski definition) is 4. The van der Waals surface area contributed by atoms with Crippen LogP contribution in [0.4, 0.5) is 4.79 Å². The van der Waals surface area contributed by atoms with Gasteiger partial charge in [-0.1, -0.05) is 0 Å². The quantitative estimate of drug-likeness (QED) is 0.588. The number of ether oxygens (including phenoxy) is 1. The van der Waals surface area contributed by atoms with Crippen LogP contribution >= 0.6 is 0 Å². The summed E-state index contributed by atoms with van der Waals surface area (Å²) >= 11 is 0. The van der Waals surface area contributed by atoms with Crippen LogP contribution in [0.15, 0.2) is 4.99 Å². The van der Waals surface area contributed by atoms with E-state index in [1.54, 1.807) is 0 Å². The van der Waals surface area contributed by atoms with Gasteiger partial charge in [-0.05, 0) is 13.6 Å². The second-order valence-electron chi connectivity index (χ2n) is 1.98. The Morgan fingerprint density at radius 1 is 1.73 bits per heavy atom. The molecule has 0 aromatic heterocycles. The maximum absolute atomic E-state index is 10.5. The molecule has 1 atom stereocenters. The predicted molar refractivity (Wildman–Crippen MR) is 39.3 cm³/mol. The van der Waals surface area contributed by atoms with Gasteiger partial charge in [-0.2, -0.15) is 0 Å². The largest absolute Gasteiger partial charge is 0.423 e. The summed E-state index contributed by atoms with van der Waals surface area (Å²) in [5.74, 6) is -0.136. The van der Waals surface area contributed by atoms with Crippen LogP contribution in [0.5, 0.6) is 0 Å². The standard InChI is InChI=1S/C6H10N2O3/c1-4(9)3-5(8-2)11-6(7)10/h5H,2-3H2,1H3,(H2,7,10). The van der Waals surface area contributed by atoms with Crippen molar-refractivity contribution in [1.82, 2.24) is 0 Å². The average molecular weight is 158 g/mol. The number of rotatable bonds is 4. The monoisotopic (exact) mass is 158 g/mol. The van der Waals surface area contributed by atoms with Gasteiger partial charge >= 0.3 is 6.09 Å². The first-order valence-corrected chi connectivity index (χ1v) is 2.97. The maximum Gasteiger partial charge on any atom is 0.406 e. The number of hydrogen-bond donors (Lipinski definition) is 1. The van der Waals surface area contributed by atoms with Crippen molar-refractivity contribution in [2.45, 2.75) is 19.6 Å². The lowest BCUT2D eigenvalue weighted by atomic mass is 10.3. The predicted octanol–water partition coefficient (Wildman–Crippen LogP) is 0.0875. The van der Waals surface area contributed by atoms with Gasteiger partial charge in [0, 0.05) is 0 Å². The Hall–Kier alpha value is -1.39. The Morgan fingerprint density at radius 2 is 2.27 bits per heavy atom. The normalized spacial score (nSPS) is 11.7. The van der Waals surface area contributed by atoms with Crippen LogP contribution in [0.3, 0.4) is 0 Å². The second kappa shape index (κ2) is 4.43. The Bertz CT molecular complexity index is 163. The zero-order valence-electron chi connectivity index (χ0n) is 6.24. The fourth-order valence-electron chi connectivity index (χ4n) is 0.523. The third kappa shape index (κ3) is 5.07. The molecule has 0 aliphatic heterocycles. The summed E-state index contributed by atoms with van der Waals surface area (Å²) in [5.41, 5.74) is 4.68. The first-order chi connectivity index (χ1) is 5.06. The molecule has 0 spiro atoms. The van der Waals surface area contributed by atoms with E-state index in [1.807, 2.05) is 0 Å². The van der Waals surface area contributed by atoms with Gasteiger partial charge in [0.05, 0.1) is 6.42 Å². The summed E-state index contributed by atoms with van der Waals surface area (Å²) in [7, 11) is 0. The van der Waals surface area contributed by atoms with E-state index in [4.69, 9.17) is 0 Å². The van der Waals surface area contributed by atoms with Gasteiger partial charge in [-0.3, -0.25) is 9.79 Å². The molecule has 1 unspecified atom stereocenters. The van der Waals surface area contributed by atoms with Crippen molar-refractivity contribution in [3.8, 4) is 0 Å². The van der Waals surface area contributed by atoms with Crippen LogP contribution < -0.4 is 5.73 Å². The molecular weight excluding hydrogens is 148 g/mol. The molecule has 5 heteroatoms. The third-order valence-corrected chi connectivity index (χ3v) is 0.918. The molecule has 11 heavy (non-hydrogen) atoms. The molecule has 0 aliphatic rings. The molecule has 0 aromatic rings. The number of Topliss-reactive ketones (excluding diaryl/α,β-unsaturated/α-hetero) is 1. The maximum atomic E-state index is 10.5. The van der Waals surface area contributed by atoms with Gasteiger partial charge in [0.2, 0.25) is 6.23 Å². The van der Waals surface area contributed by atoms with Gasteiger partial charge in [0.15, 0.2) is 0 Å². The molecule has 2 N–H and O–H groups in total. The topological polar surface area (TPSA) is 81.8 Å². The van der Waals surface area contributed by atoms with Gasteiger partial charge in [0.1, 0.15) is 5.78 Å². The van der Waals surface area contributed by atoms with Crippen LogP contribution in [0, 0.1) is 0 Å². The third-order valence-electron chi connectivity index (χ3n) is 0.918. The van der Waals surface area contributed by atoms with Gasteiger partial charge in [-0.15, -0.1) is 0 Å². The van der Waals surface area contributed by atoms with Gasteiger partial charge in [0.25, 0.3) is 0 Å². The number of nitrogens with two attached hydrogens (primary N) is 1. The molecule has 0 radical (unpaired) electrons. The molecule has 0 aromatic carbocycles. The van der Waals surface area contributed by atoms with Crippen molar-refractivity contribution in [3.05, 3.63) is 0 Å². The molecule has 0 bridgehead atoms. The van der Waals surface area contributed by atoms with Crippen LogP contribution in [-0.4, -0.2) is 24.8 Å². The van der Waals surface area contributed by atoms with E-state index < -0.39 is 12.3 Å². The van der Waals surface area contributed by atoms with Gasteiger partial charge < -0.3 is 10.5 Å². The van der Waals surface area contributed by atoms with Crippen molar-refractivity contribution < 1.29 is 14.3 Å². The Morgan fingerprint density at radius 3 is 2.55 bits per heavy atom. The molecule has 0 heterocycles. The number of carbonyl (C=O) groups excluding carboxylic acids is 2. The van der Waals surface area contributed by atoms with E-state index in [0.29, 0.717) is 0 Å². The summed E-state index contributed by atoms with van der Waals surface area (Å²) < 4.78 is 4.40. The minimum atomic E-state index is -0.955. The van der Waals surface area contributed by atoms with Crippen LogP contribution in [0.2, 0.25) is 0 Å². The van der Waals surface area contributed by atoms with E-state index in [9.17, 15) is 9.59 Å². The van der Waals surface area contributed by atoms with Gasteiger partial charge in [-0.25, -0.2) is 4.79 Å². The van der Waals surface area contributed by atoms with Crippen molar-refractivity contribution in [1.29, 1.82) is 0 Å². The fourth-order valence-corrected chi connectivity index (χ4v) is 0.523. The van der Waals surface area contributed by atoms with Crippen LogP contribution in [0.1, 0.15) is 13.3 Å². The van der Waals surface area contributed by atoms with Crippen molar-refractivity contribution in [2.24, 2.45) is 10.7 Å². The van der Waals surface area contributed by atoms with Crippen LogP contribution in [-0.2, 0) is 9.53 Å². The van der Waals surface area contributed by atoms with E-state index in [-0.39, 0.29) is 12.2 Å². The number of amides is 1. The first kappa shape index (κ1) is 9.61. The number of nitrogens with zero attached hydrogens (tertiary/aromatic N) is 1. The number of carbonyl (C=O) groups is 2. The molecule has 5 nitrogen and oxygen atoms in total. The van der Waals surface area contributed by atoms with E-state index in [0.717, 1.165) is 0 Å². The molecule has 0 aliphatic carbocycles. The molecule has 0 saturated heterocycles. The lowest BCUT2D eigenvalue weighted by Gasteiger charge is -2.08. The summed E-state index contributed by atoms with van der Waals surface area (Å²) in [5, 5.41) is 0. The Kier molecular flexibility index (Phi) is 3.87. The highest BCUT2D eigenvalue weighted by Gasteiger charge is 2.10. The number of primary amides is 1. The summed E-state index contributed by atoms with van der Waals surface area (Å²) in [6, 6.07) is 0. The number of ketones is 1. The zero-order chi connectivity index (χ0) is 8.85. The van der Waals surface area contributed by atoms with E-state index in [2.05, 4.69) is 22.2 Å². The molecule has 0 saturated carbocycles. The highest BCUT2D eigenvalue weighted by atomic mass is 16.6. The Balaban J connectivity index is 3.85. The lowest BCUT2D eigenvalue weighted by Crippen LogP contribution is -2.22.